The van der Waals surface area contributed by atoms with Crippen molar-refractivity contribution < 1.29 is 4.79 Å². The van der Waals surface area contributed by atoms with Crippen LogP contribution in [0.3, 0.4) is 0 Å². The van der Waals surface area contributed by atoms with Crippen LogP contribution in [-0.2, 0) is 11.8 Å². The predicted molar refractivity (Wildman–Crippen MR) is 120 cm³/mol. The molecule has 0 radical (unpaired) electrons. The minimum atomic E-state index is -0.0506. The Kier molecular flexibility index (Phi) is 4.94. The van der Waals surface area contributed by atoms with E-state index in [1.807, 2.05) is 31.6 Å². The summed E-state index contributed by atoms with van der Waals surface area (Å²) in [5.74, 6) is 1.52. The number of pyridine rings is 1. The van der Waals surface area contributed by atoms with Gasteiger partial charge in [-0.15, -0.1) is 0 Å². The van der Waals surface area contributed by atoms with Gasteiger partial charge in [0.2, 0.25) is 5.91 Å². The lowest BCUT2D eigenvalue weighted by molar-refractivity contribution is -0.117. The van der Waals surface area contributed by atoms with E-state index in [-0.39, 0.29) is 23.7 Å². The average Bonchev–Trinajstić information content (AvgIpc) is 3.31. The molecule has 2 aliphatic carbocycles. The van der Waals surface area contributed by atoms with Crippen LogP contribution in [0.5, 0.6) is 0 Å². The van der Waals surface area contributed by atoms with E-state index in [1.54, 1.807) is 10.9 Å². The zero-order chi connectivity index (χ0) is 21.7. The van der Waals surface area contributed by atoms with E-state index in [0.29, 0.717) is 17.7 Å². The van der Waals surface area contributed by atoms with Crippen LogP contribution in [0.1, 0.15) is 49.1 Å². The van der Waals surface area contributed by atoms with Gasteiger partial charge in [-0.05, 0) is 59.4 Å². The molecule has 3 unspecified atom stereocenters. The minimum absolute atomic E-state index is 0.0117. The van der Waals surface area contributed by atoms with Crippen molar-refractivity contribution in [1.29, 1.82) is 5.26 Å². The van der Waals surface area contributed by atoms with Crippen LogP contribution in [0.25, 0.3) is 10.8 Å². The molecule has 0 bridgehead atoms. The summed E-state index contributed by atoms with van der Waals surface area (Å²) < 4.78 is 1.78. The zero-order valence-corrected chi connectivity index (χ0v) is 18.3. The summed E-state index contributed by atoms with van der Waals surface area (Å²) in [6.07, 6.45) is 8.27. The Hall–Kier alpha value is -2.91. The van der Waals surface area contributed by atoms with E-state index in [0.717, 1.165) is 46.2 Å². The molecule has 0 spiro atoms. The number of halogens is 1. The highest BCUT2D eigenvalue weighted by Crippen LogP contribution is 2.56. The van der Waals surface area contributed by atoms with Crippen molar-refractivity contribution in [2.24, 2.45) is 24.8 Å². The summed E-state index contributed by atoms with van der Waals surface area (Å²) in [4.78, 5) is 17.4. The molecule has 31 heavy (non-hydrogen) atoms. The molecule has 2 aliphatic rings. The second kappa shape index (κ2) is 7.65. The fourth-order valence-electron chi connectivity index (χ4n) is 5.06. The number of hydrogen-bond donors (Lipinski definition) is 1. The Morgan fingerprint density at radius 1 is 1.29 bits per heavy atom. The topological polar surface area (TPSA) is 83.6 Å². The lowest BCUT2D eigenvalue weighted by Gasteiger charge is -2.31. The van der Waals surface area contributed by atoms with Crippen LogP contribution >= 0.6 is 11.6 Å². The minimum Gasteiger partial charge on any atom is -0.310 e. The maximum atomic E-state index is 13.0. The van der Waals surface area contributed by atoms with Gasteiger partial charge in [-0.2, -0.15) is 10.4 Å². The summed E-state index contributed by atoms with van der Waals surface area (Å²) in [7, 11) is 1.89. The van der Waals surface area contributed by atoms with E-state index >= 15 is 0 Å². The molecule has 1 N–H and O–H groups in total. The Labute approximate surface area is 186 Å². The number of carbonyl (C=O) groups is 1. The quantitative estimate of drug-likeness (QED) is 0.612. The summed E-state index contributed by atoms with van der Waals surface area (Å²) in [6, 6.07) is 8.25. The molecule has 5 rings (SSSR count). The first kappa shape index (κ1) is 20.0. The lowest BCUT2D eigenvalue weighted by atomic mass is 9.72. The first-order chi connectivity index (χ1) is 15.0. The van der Waals surface area contributed by atoms with Crippen molar-refractivity contribution in [2.45, 2.75) is 38.0 Å². The molecule has 2 fully saturated rings. The summed E-state index contributed by atoms with van der Waals surface area (Å²) >= 11 is 6.50. The number of nitriles is 1. The molecule has 1 amide bonds. The molecule has 3 atom stereocenters. The molecule has 158 valence electrons. The number of carbonyl (C=O) groups excluding carboxylic acids is 1. The molecular weight excluding hydrogens is 410 g/mol. The van der Waals surface area contributed by atoms with Crippen LogP contribution in [0.4, 0.5) is 5.82 Å². The first-order valence-corrected chi connectivity index (χ1v) is 11.1. The van der Waals surface area contributed by atoms with Gasteiger partial charge in [0.25, 0.3) is 0 Å². The number of nitrogens with zero attached hydrogens (tertiary/aromatic N) is 4. The van der Waals surface area contributed by atoms with Crippen molar-refractivity contribution in [3.8, 4) is 6.07 Å². The largest absolute Gasteiger partial charge is 0.310 e. The highest BCUT2D eigenvalue weighted by molar-refractivity contribution is 6.32. The van der Waals surface area contributed by atoms with Gasteiger partial charge in [0.05, 0.1) is 12.3 Å². The summed E-state index contributed by atoms with van der Waals surface area (Å²) in [6.45, 7) is 2.12. The fourth-order valence-corrected chi connectivity index (χ4v) is 5.38. The molecule has 2 aromatic heterocycles. The summed E-state index contributed by atoms with van der Waals surface area (Å²) in [5.41, 5.74) is 2.20. The molecule has 0 saturated heterocycles. The number of amides is 1. The number of aryl methyl sites for hydroxylation is 1. The standard InChI is InChI=1S/C24H24ClN5O/c1-3-18-22(17-11-28-30(2)12-17)23(18)24(31)29-21-8-14-6-19(15-4-13(5-15)9-26)20(25)7-16(14)10-27-21/h6-8,10-13,15,18,22-23H,3-5H2,1-2H3,(H,27,29,31)/t13-,15-,18?,22?,23?. The van der Waals surface area contributed by atoms with E-state index in [9.17, 15) is 4.79 Å². The van der Waals surface area contributed by atoms with Gasteiger partial charge in [0.1, 0.15) is 5.82 Å². The second-order valence-electron chi connectivity index (χ2n) is 8.85. The number of benzene rings is 1. The average molecular weight is 434 g/mol. The van der Waals surface area contributed by atoms with Gasteiger partial charge in [-0.25, -0.2) is 4.98 Å². The predicted octanol–water partition coefficient (Wildman–Crippen LogP) is 5.02. The smallest absolute Gasteiger partial charge is 0.229 e. The maximum absolute atomic E-state index is 13.0. The van der Waals surface area contributed by atoms with E-state index < -0.39 is 0 Å². The number of rotatable bonds is 5. The van der Waals surface area contributed by atoms with E-state index in [2.05, 4.69) is 34.5 Å². The first-order valence-electron chi connectivity index (χ1n) is 10.8. The third-order valence-electron chi connectivity index (χ3n) is 6.90. The van der Waals surface area contributed by atoms with Crippen molar-refractivity contribution in [1.82, 2.24) is 14.8 Å². The molecule has 0 aliphatic heterocycles. The number of hydrogen-bond acceptors (Lipinski definition) is 4. The zero-order valence-electron chi connectivity index (χ0n) is 17.5. The van der Waals surface area contributed by atoms with Crippen LogP contribution in [0.15, 0.2) is 36.8 Å². The SMILES string of the molecule is CCC1C(C(=O)Nc2cc3cc([C@H]4C[C@H](C#N)C4)c(Cl)cc3cn2)C1c1cnn(C)c1. The monoisotopic (exact) mass is 433 g/mol. The number of nitrogens with one attached hydrogen (secondary N) is 1. The van der Waals surface area contributed by atoms with Crippen LogP contribution in [-0.4, -0.2) is 20.7 Å². The molecule has 3 aromatic rings. The number of anilines is 1. The molecular formula is C24H24ClN5O. The maximum Gasteiger partial charge on any atom is 0.229 e. The number of aromatic nitrogens is 3. The normalized spacial score (nSPS) is 26.8. The van der Waals surface area contributed by atoms with Gasteiger partial charge in [-0.3, -0.25) is 9.48 Å². The van der Waals surface area contributed by atoms with Crippen LogP contribution in [0, 0.1) is 29.1 Å². The fraction of sp³-hybridized carbons (Fsp3) is 0.417. The van der Waals surface area contributed by atoms with Crippen molar-refractivity contribution >= 4 is 34.1 Å². The van der Waals surface area contributed by atoms with Gasteiger partial charge in [0, 0.05) is 47.6 Å². The van der Waals surface area contributed by atoms with Gasteiger partial charge < -0.3 is 5.32 Å². The van der Waals surface area contributed by atoms with Crippen molar-refractivity contribution in [3.05, 3.63) is 52.9 Å². The van der Waals surface area contributed by atoms with Crippen LogP contribution < -0.4 is 5.32 Å². The molecule has 2 heterocycles. The Bertz CT molecular complexity index is 1210. The second-order valence-corrected chi connectivity index (χ2v) is 9.25. The molecule has 7 heteroatoms. The van der Waals surface area contributed by atoms with Crippen molar-refractivity contribution in [3.63, 3.8) is 0 Å². The molecule has 2 saturated carbocycles. The van der Waals surface area contributed by atoms with Crippen LogP contribution in [0.2, 0.25) is 5.02 Å². The van der Waals surface area contributed by atoms with Gasteiger partial charge >= 0.3 is 0 Å². The molecule has 6 nitrogen and oxygen atoms in total. The highest BCUT2D eigenvalue weighted by Gasteiger charge is 2.54. The highest BCUT2D eigenvalue weighted by atomic mass is 35.5. The molecule has 1 aromatic carbocycles. The lowest BCUT2D eigenvalue weighted by Crippen LogP contribution is -2.20. The summed E-state index contributed by atoms with van der Waals surface area (Å²) in [5, 5.41) is 19.0. The third kappa shape index (κ3) is 3.57. The Morgan fingerprint density at radius 2 is 2.10 bits per heavy atom. The van der Waals surface area contributed by atoms with Gasteiger partial charge in [-0.1, -0.05) is 24.9 Å². The van der Waals surface area contributed by atoms with E-state index in [4.69, 9.17) is 16.9 Å². The van der Waals surface area contributed by atoms with Gasteiger partial charge in [0.15, 0.2) is 0 Å². The Morgan fingerprint density at radius 3 is 2.77 bits per heavy atom. The van der Waals surface area contributed by atoms with Crippen molar-refractivity contribution in [2.75, 3.05) is 5.32 Å². The Balaban J connectivity index is 1.35. The third-order valence-corrected chi connectivity index (χ3v) is 7.23. The van der Waals surface area contributed by atoms with E-state index in [1.165, 1.54) is 0 Å². The number of fused-ring (bicyclic) bond motifs is 1.